The van der Waals surface area contributed by atoms with Crippen LogP contribution in [0.5, 0.6) is 5.75 Å². The second kappa shape index (κ2) is 10.1. The van der Waals surface area contributed by atoms with E-state index in [0.29, 0.717) is 16.3 Å². The van der Waals surface area contributed by atoms with E-state index in [0.717, 1.165) is 36.2 Å². The molecule has 1 atom stereocenters. The number of nitrogens with zero attached hydrogens (tertiary/aromatic N) is 3. The molecule has 1 aliphatic rings. The Morgan fingerprint density at radius 3 is 2.40 bits per heavy atom. The molecule has 1 aromatic heterocycles. The van der Waals surface area contributed by atoms with Crippen molar-refractivity contribution in [1.29, 1.82) is 0 Å². The molecule has 35 heavy (non-hydrogen) atoms. The van der Waals surface area contributed by atoms with Gasteiger partial charge in [-0.25, -0.2) is 4.98 Å². The summed E-state index contributed by atoms with van der Waals surface area (Å²) in [5, 5.41) is 3.64. The maximum atomic E-state index is 13.3. The molecule has 1 amide bonds. The Morgan fingerprint density at radius 1 is 1.06 bits per heavy atom. The third-order valence-electron chi connectivity index (χ3n) is 6.06. The number of carbonyl (C=O) groups is 2. The van der Waals surface area contributed by atoms with Crippen LogP contribution in [0.1, 0.15) is 42.9 Å². The third-order valence-corrected chi connectivity index (χ3v) is 7.18. The maximum absolute atomic E-state index is 13.3. The molecule has 1 unspecified atom stereocenters. The molecule has 4 rings (SSSR count). The van der Waals surface area contributed by atoms with Crippen molar-refractivity contribution in [3.63, 3.8) is 0 Å². The smallest absolute Gasteiger partial charge is 0.230 e. The monoisotopic (exact) mass is 492 g/mol. The first-order chi connectivity index (χ1) is 16.7. The first-order valence-corrected chi connectivity index (χ1v) is 12.6. The summed E-state index contributed by atoms with van der Waals surface area (Å²) in [5.74, 6) is 0.869. The van der Waals surface area contributed by atoms with Crippen LogP contribution in [0.15, 0.2) is 54.6 Å². The van der Waals surface area contributed by atoms with Gasteiger partial charge in [0, 0.05) is 36.7 Å². The Morgan fingerprint density at radius 2 is 1.74 bits per heavy atom. The van der Waals surface area contributed by atoms with Crippen molar-refractivity contribution in [3.05, 3.63) is 65.0 Å². The highest BCUT2D eigenvalue weighted by Crippen LogP contribution is 2.36. The SMILES string of the molecule is COc1ccccc1N1CCN(c2nc(NC(=O)C(C)(C)C)c(C(=O)c3ccccc3)s2)CC1C. The minimum Gasteiger partial charge on any atom is -0.495 e. The van der Waals surface area contributed by atoms with Gasteiger partial charge in [-0.3, -0.25) is 9.59 Å². The van der Waals surface area contributed by atoms with Crippen molar-refractivity contribution in [2.75, 3.05) is 41.9 Å². The molecule has 184 valence electrons. The molecule has 0 spiro atoms. The van der Waals surface area contributed by atoms with Crippen LogP contribution < -0.4 is 19.9 Å². The summed E-state index contributed by atoms with van der Waals surface area (Å²) >= 11 is 1.34. The largest absolute Gasteiger partial charge is 0.495 e. The number of amides is 1. The normalized spacial score (nSPS) is 16.2. The molecular weight excluding hydrogens is 460 g/mol. The summed E-state index contributed by atoms with van der Waals surface area (Å²) in [6, 6.07) is 17.3. The Hall–Kier alpha value is -3.39. The first-order valence-electron chi connectivity index (χ1n) is 11.8. The molecule has 1 saturated heterocycles. The van der Waals surface area contributed by atoms with E-state index in [1.54, 1.807) is 19.2 Å². The molecule has 1 aliphatic heterocycles. The van der Waals surface area contributed by atoms with Gasteiger partial charge in [-0.15, -0.1) is 0 Å². The Kier molecular flexibility index (Phi) is 7.12. The summed E-state index contributed by atoms with van der Waals surface area (Å²) in [7, 11) is 1.69. The van der Waals surface area contributed by atoms with Crippen LogP contribution in [0.3, 0.4) is 0 Å². The fraction of sp³-hybridized carbons (Fsp3) is 0.370. The highest BCUT2D eigenvalue weighted by molar-refractivity contribution is 7.18. The van der Waals surface area contributed by atoms with Gasteiger partial charge in [0.2, 0.25) is 11.7 Å². The van der Waals surface area contributed by atoms with Crippen molar-refractivity contribution in [1.82, 2.24) is 4.98 Å². The van der Waals surface area contributed by atoms with E-state index in [1.807, 2.05) is 57.2 Å². The van der Waals surface area contributed by atoms with Gasteiger partial charge in [0.25, 0.3) is 0 Å². The molecule has 0 aliphatic carbocycles. The number of para-hydroxylation sites is 2. The van der Waals surface area contributed by atoms with Gasteiger partial charge in [0.05, 0.1) is 12.8 Å². The lowest BCUT2D eigenvalue weighted by Gasteiger charge is -2.41. The molecule has 2 heterocycles. The molecule has 2 aromatic carbocycles. The van der Waals surface area contributed by atoms with Gasteiger partial charge < -0.3 is 19.9 Å². The lowest BCUT2D eigenvalue weighted by molar-refractivity contribution is -0.123. The molecule has 0 saturated carbocycles. The minimum absolute atomic E-state index is 0.140. The van der Waals surface area contributed by atoms with Crippen LogP contribution in [0, 0.1) is 5.41 Å². The molecule has 8 heteroatoms. The molecule has 3 aromatic rings. The summed E-state index contributed by atoms with van der Waals surface area (Å²) in [4.78, 5) is 35.8. The zero-order valence-corrected chi connectivity index (χ0v) is 21.7. The third kappa shape index (κ3) is 5.32. The Balaban J connectivity index is 1.61. The number of rotatable bonds is 6. The molecule has 0 bridgehead atoms. The number of aromatic nitrogens is 1. The van der Waals surface area contributed by atoms with E-state index >= 15 is 0 Å². The van der Waals surface area contributed by atoms with Gasteiger partial charge in [0.1, 0.15) is 10.6 Å². The summed E-state index contributed by atoms with van der Waals surface area (Å²) in [6.45, 7) is 9.95. The quantitative estimate of drug-likeness (QED) is 0.484. The average molecular weight is 493 g/mol. The zero-order chi connectivity index (χ0) is 25.2. The van der Waals surface area contributed by atoms with Crippen molar-refractivity contribution in [2.45, 2.75) is 33.7 Å². The van der Waals surface area contributed by atoms with E-state index in [-0.39, 0.29) is 17.7 Å². The standard InChI is InChI=1S/C27H32N4O3S/c1-18-17-30(15-16-31(18)20-13-9-10-14-21(20)34-5)26-29-24(28-25(33)27(2,3)4)23(35-26)22(32)19-11-7-6-8-12-19/h6-14,18H,15-17H2,1-5H3,(H,28,33). The van der Waals surface area contributed by atoms with E-state index < -0.39 is 5.41 Å². The predicted molar refractivity (Wildman–Crippen MR) is 142 cm³/mol. The van der Waals surface area contributed by atoms with Crippen molar-refractivity contribution < 1.29 is 14.3 Å². The van der Waals surface area contributed by atoms with Gasteiger partial charge in [-0.05, 0) is 19.1 Å². The van der Waals surface area contributed by atoms with E-state index in [4.69, 9.17) is 9.72 Å². The van der Waals surface area contributed by atoms with Crippen molar-refractivity contribution >= 4 is 39.7 Å². The van der Waals surface area contributed by atoms with E-state index in [9.17, 15) is 9.59 Å². The highest BCUT2D eigenvalue weighted by Gasteiger charge is 2.31. The number of anilines is 3. The highest BCUT2D eigenvalue weighted by atomic mass is 32.1. The molecule has 1 N–H and O–H groups in total. The molecular formula is C27H32N4O3S. The maximum Gasteiger partial charge on any atom is 0.230 e. The fourth-order valence-corrected chi connectivity index (χ4v) is 5.07. The minimum atomic E-state index is -0.605. The number of carbonyl (C=O) groups excluding carboxylic acids is 2. The number of methoxy groups -OCH3 is 1. The number of nitrogens with one attached hydrogen (secondary N) is 1. The van der Waals surface area contributed by atoms with Crippen LogP contribution >= 0.6 is 11.3 Å². The topological polar surface area (TPSA) is 74.8 Å². The van der Waals surface area contributed by atoms with Gasteiger partial charge >= 0.3 is 0 Å². The van der Waals surface area contributed by atoms with Gasteiger partial charge in [0.15, 0.2) is 10.9 Å². The number of benzene rings is 2. The van der Waals surface area contributed by atoms with Crippen molar-refractivity contribution in [2.24, 2.45) is 5.41 Å². The second-order valence-electron chi connectivity index (χ2n) is 9.73. The molecule has 0 radical (unpaired) electrons. The van der Waals surface area contributed by atoms with E-state index in [2.05, 4.69) is 28.1 Å². The number of thiazole rings is 1. The van der Waals surface area contributed by atoms with Crippen LogP contribution in [0.2, 0.25) is 0 Å². The summed E-state index contributed by atoms with van der Waals surface area (Å²) in [5.41, 5.74) is 1.04. The predicted octanol–water partition coefficient (Wildman–Crippen LogP) is 5.08. The van der Waals surface area contributed by atoms with Gasteiger partial charge in [-0.1, -0.05) is 74.6 Å². The van der Waals surface area contributed by atoms with Crippen LogP contribution in [-0.2, 0) is 4.79 Å². The number of ether oxygens (including phenoxy) is 1. The molecule has 1 fully saturated rings. The van der Waals surface area contributed by atoms with Crippen LogP contribution in [-0.4, -0.2) is 49.5 Å². The van der Waals surface area contributed by atoms with E-state index in [1.165, 1.54) is 11.3 Å². The first kappa shape index (κ1) is 24.7. The average Bonchev–Trinajstić information content (AvgIpc) is 3.27. The summed E-state index contributed by atoms with van der Waals surface area (Å²) < 4.78 is 5.57. The van der Waals surface area contributed by atoms with Crippen LogP contribution in [0.4, 0.5) is 16.6 Å². The lowest BCUT2D eigenvalue weighted by atomic mass is 9.96. The number of ketones is 1. The number of hydrogen-bond acceptors (Lipinski definition) is 7. The van der Waals surface area contributed by atoms with Crippen molar-refractivity contribution in [3.8, 4) is 5.75 Å². The zero-order valence-electron chi connectivity index (χ0n) is 20.9. The Bertz CT molecular complexity index is 1200. The number of hydrogen-bond donors (Lipinski definition) is 1. The summed E-state index contributed by atoms with van der Waals surface area (Å²) in [6.07, 6.45) is 0. The number of piperazine rings is 1. The fourth-order valence-electron chi connectivity index (χ4n) is 4.05. The van der Waals surface area contributed by atoms with Crippen LogP contribution in [0.25, 0.3) is 0 Å². The lowest BCUT2D eigenvalue weighted by Crippen LogP contribution is -2.52. The molecule has 7 nitrogen and oxygen atoms in total. The Labute approximate surface area is 210 Å². The van der Waals surface area contributed by atoms with Gasteiger partial charge in [-0.2, -0.15) is 0 Å². The second-order valence-corrected chi connectivity index (χ2v) is 10.7.